The Hall–Kier alpha value is -5.81. The van der Waals surface area contributed by atoms with E-state index in [9.17, 15) is 0 Å². The van der Waals surface area contributed by atoms with E-state index in [-0.39, 0.29) is 0 Å². The Labute approximate surface area is 242 Å². The molecule has 0 bridgehead atoms. The van der Waals surface area contributed by atoms with Crippen LogP contribution in [0.15, 0.2) is 140 Å². The Bertz CT molecular complexity index is 2230. The first kappa shape index (κ1) is 24.0. The second kappa shape index (κ2) is 9.98. The minimum absolute atomic E-state index is 0.853. The Balaban J connectivity index is 1.24. The highest BCUT2D eigenvalue weighted by molar-refractivity contribution is 6.16. The molecule has 5 aromatic heterocycles. The zero-order chi connectivity index (χ0) is 27.9. The maximum Gasteiger partial charge on any atom is 0.0978 e. The van der Waals surface area contributed by atoms with E-state index in [1.165, 1.54) is 0 Å². The number of hydrogen-bond donors (Lipinski definition) is 0. The van der Waals surface area contributed by atoms with Crippen LogP contribution < -0.4 is 0 Å². The molecule has 0 amide bonds. The van der Waals surface area contributed by atoms with Gasteiger partial charge in [0.25, 0.3) is 0 Å². The quantitative estimate of drug-likeness (QED) is 0.166. The standard InChI is InChI=1S/C37H23N5/c1-2-7-32-28(6-1)35(26-19-22-38-23-20-26)29-17-15-27-16-18-31(41-36(27)37(29)42-32)25-13-11-24(12-14-25)30-9-5-10-34(40-30)33-8-3-4-21-39-33/h1-23H. The topological polar surface area (TPSA) is 64.5 Å². The number of nitrogens with zero attached hydrogens (tertiary/aromatic N) is 5. The predicted octanol–water partition coefficient (Wildman–Crippen LogP) is 8.79. The monoisotopic (exact) mass is 537 g/mol. The van der Waals surface area contributed by atoms with Gasteiger partial charge in [-0.15, -0.1) is 0 Å². The minimum Gasteiger partial charge on any atom is -0.265 e. The molecule has 3 aromatic carbocycles. The molecule has 0 radical (unpaired) electrons. The maximum atomic E-state index is 5.17. The predicted molar refractivity (Wildman–Crippen MR) is 170 cm³/mol. The summed E-state index contributed by atoms with van der Waals surface area (Å²) < 4.78 is 0. The van der Waals surface area contributed by atoms with Crippen molar-refractivity contribution in [2.45, 2.75) is 0 Å². The van der Waals surface area contributed by atoms with E-state index >= 15 is 0 Å². The van der Waals surface area contributed by atoms with Crippen molar-refractivity contribution in [1.82, 2.24) is 24.9 Å². The van der Waals surface area contributed by atoms with Crippen LogP contribution in [0, 0.1) is 0 Å². The van der Waals surface area contributed by atoms with Gasteiger partial charge in [-0.25, -0.2) is 15.0 Å². The lowest BCUT2D eigenvalue weighted by atomic mass is 9.95. The lowest BCUT2D eigenvalue weighted by Gasteiger charge is -2.13. The first-order chi connectivity index (χ1) is 20.8. The highest BCUT2D eigenvalue weighted by Crippen LogP contribution is 2.37. The molecular weight excluding hydrogens is 514 g/mol. The molecule has 0 aliphatic heterocycles. The molecule has 5 heteroatoms. The van der Waals surface area contributed by atoms with Gasteiger partial charge in [0.05, 0.1) is 39.3 Å². The summed E-state index contributed by atoms with van der Waals surface area (Å²) in [6.45, 7) is 0. The Morgan fingerprint density at radius 2 is 1.10 bits per heavy atom. The average molecular weight is 538 g/mol. The number of rotatable bonds is 4. The summed E-state index contributed by atoms with van der Waals surface area (Å²) in [5.41, 5.74) is 10.6. The Morgan fingerprint density at radius 1 is 0.381 bits per heavy atom. The van der Waals surface area contributed by atoms with Gasteiger partial charge in [0.1, 0.15) is 0 Å². The normalized spacial score (nSPS) is 11.3. The van der Waals surface area contributed by atoms with Crippen LogP contribution in [0.2, 0.25) is 0 Å². The smallest absolute Gasteiger partial charge is 0.0978 e. The van der Waals surface area contributed by atoms with Gasteiger partial charge in [-0.2, -0.15) is 0 Å². The van der Waals surface area contributed by atoms with E-state index < -0.39 is 0 Å². The van der Waals surface area contributed by atoms with Gasteiger partial charge in [0.15, 0.2) is 0 Å². The van der Waals surface area contributed by atoms with Gasteiger partial charge < -0.3 is 0 Å². The molecule has 8 aromatic rings. The van der Waals surface area contributed by atoms with Gasteiger partial charge in [-0.05, 0) is 54.1 Å². The molecular formula is C37H23N5. The van der Waals surface area contributed by atoms with Crippen molar-refractivity contribution in [2.24, 2.45) is 0 Å². The molecule has 0 atom stereocenters. The summed E-state index contributed by atoms with van der Waals surface area (Å²) >= 11 is 0. The number of hydrogen-bond acceptors (Lipinski definition) is 5. The third-order valence-corrected chi connectivity index (χ3v) is 7.63. The summed E-state index contributed by atoms with van der Waals surface area (Å²) in [6, 6.07) is 41.2. The molecule has 0 unspecified atom stereocenters. The molecule has 0 saturated carbocycles. The summed E-state index contributed by atoms with van der Waals surface area (Å²) in [5.74, 6) is 0. The van der Waals surface area contributed by atoms with Crippen LogP contribution in [-0.4, -0.2) is 24.9 Å². The first-order valence-electron chi connectivity index (χ1n) is 13.8. The first-order valence-corrected chi connectivity index (χ1v) is 13.8. The zero-order valence-corrected chi connectivity index (χ0v) is 22.5. The number of benzene rings is 3. The molecule has 0 fully saturated rings. The van der Waals surface area contributed by atoms with Crippen LogP contribution >= 0.6 is 0 Å². The SMILES string of the molecule is c1ccc(-c2cccc(-c3ccc(-c4ccc5ccc6c(-c7ccncc7)c7ccccc7nc6c5n4)cc3)n2)nc1. The summed E-state index contributed by atoms with van der Waals surface area (Å²) in [6.07, 6.45) is 5.46. The molecule has 0 saturated heterocycles. The fourth-order valence-corrected chi connectivity index (χ4v) is 5.59. The van der Waals surface area contributed by atoms with Crippen molar-refractivity contribution in [3.8, 4) is 45.0 Å². The largest absolute Gasteiger partial charge is 0.265 e. The van der Waals surface area contributed by atoms with Crippen LogP contribution in [-0.2, 0) is 0 Å². The van der Waals surface area contributed by atoms with E-state index in [0.717, 1.165) is 77.7 Å². The Kier molecular flexibility index (Phi) is 5.71. The molecule has 0 aliphatic carbocycles. The molecule has 5 heterocycles. The van der Waals surface area contributed by atoms with Gasteiger partial charge in [0, 0.05) is 51.4 Å². The van der Waals surface area contributed by atoms with Crippen molar-refractivity contribution < 1.29 is 0 Å². The number of fused-ring (bicyclic) bond motifs is 4. The van der Waals surface area contributed by atoms with Crippen molar-refractivity contribution in [2.75, 3.05) is 0 Å². The van der Waals surface area contributed by atoms with Gasteiger partial charge in [0.2, 0.25) is 0 Å². The second-order valence-electron chi connectivity index (χ2n) is 10.2. The molecule has 8 rings (SSSR count). The summed E-state index contributed by atoms with van der Waals surface area (Å²) in [7, 11) is 0. The summed E-state index contributed by atoms with van der Waals surface area (Å²) in [5, 5.41) is 3.25. The Morgan fingerprint density at radius 3 is 1.90 bits per heavy atom. The lowest BCUT2D eigenvalue weighted by molar-refractivity contribution is 1.25. The van der Waals surface area contributed by atoms with E-state index in [2.05, 4.69) is 88.8 Å². The minimum atomic E-state index is 0.853. The number of pyridine rings is 5. The van der Waals surface area contributed by atoms with Crippen LogP contribution in [0.1, 0.15) is 0 Å². The van der Waals surface area contributed by atoms with Crippen LogP contribution in [0.25, 0.3) is 77.7 Å². The number of aromatic nitrogens is 5. The van der Waals surface area contributed by atoms with Crippen molar-refractivity contribution in [3.63, 3.8) is 0 Å². The van der Waals surface area contributed by atoms with E-state index in [0.29, 0.717) is 0 Å². The second-order valence-corrected chi connectivity index (χ2v) is 10.2. The van der Waals surface area contributed by atoms with E-state index in [1.807, 2.05) is 54.9 Å². The zero-order valence-electron chi connectivity index (χ0n) is 22.5. The van der Waals surface area contributed by atoms with Gasteiger partial charge >= 0.3 is 0 Å². The highest BCUT2D eigenvalue weighted by atomic mass is 14.8. The average Bonchev–Trinajstić information content (AvgIpc) is 3.08. The fourth-order valence-electron chi connectivity index (χ4n) is 5.59. The molecule has 42 heavy (non-hydrogen) atoms. The van der Waals surface area contributed by atoms with Gasteiger partial charge in [-0.1, -0.05) is 72.8 Å². The summed E-state index contributed by atoms with van der Waals surface area (Å²) in [4.78, 5) is 23.8. The van der Waals surface area contributed by atoms with Crippen LogP contribution in [0.4, 0.5) is 0 Å². The molecule has 0 spiro atoms. The molecule has 196 valence electrons. The van der Waals surface area contributed by atoms with Crippen LogP contribution in [0.5, 0.6) is 0 Å². The highest BCUT2D eigenvalue weighted by Gasteiger charge is 2.15. The fraction of sp³-hybridized carbons (Fsp3) is 0. The number of para-hydroxylation sites is 1. The van der Waals surface area contributed by atoms with Crippen LogP contribution in [0.3, 0.4) is 0 Å². The third kappa shape index (κ3) is 4.16. The van der Waals surface area contributed by atoms with Gasteiger partial charge in [-0.3, -0.25) is 9.97 Å². The van der Waals surface area contributed by atoms with Crippen molar-refractivity contribution in [1.29, 1.82) is 0 Å². The van der Waals surface area contributed by atoms with Crippen molar-refractivity contribution in [3.05, 3.63) is 140 Å². The third-order valence-electron chi connectivity index (χ3n) is 7.63. The maximum absolute atomic E-state index is 5.17. The van der Waals surface area contributed by atoms with E-state index in [4.69, 9.17) is 15.0 Å². The molecule has 0 N–H and O–H groups in total. The van der Waals surface area contributed by atoms with Crippen molar-refractivity contribution >= 4 is 32.7 Å². The lowest BCUT2D eigenvalue weighted by Crippen LogP contribution is -1.93. The van der Waals surface area contributed by atoms with E-state index in [1.54, 1.807) is 6.20 Å². The molecule has 5 nitrogen and oxygen atoms in total. The molecule has 0 aliphatic rings.